The number of hydrogen-bond donors (Lipinski definition) is 3. The Morgan fingerprint density at radius 1 is 1.35 bits per heavy atom. The minimum Gasteiger partial charge on any atom is -0.389 e. The van der Waals surface area contributed by atoms with E-state index in [4.69, 9.17) is 18.0 Å². The fraction of sp³-hybridized carbons (Fsp3) is 0.214. The van der Waals surface area contributed by atoms with E-state index in [2.05, 4.69) is 29.4 Å². The summed E-state index contributed by atoms with van der Waals surface area (Å²) >= 11 is 4.89. The fourth-order valence-corrected chi connectivity index (χ4v) is 1.93. The summed E-state index contributed by atoms with van der Waals surface area (Å²) in [6.07, 6.45) is 1.49. The van der Waals surface area contributed by atoms with Gasteiger partial charge in [-0.2, -0.15) is 5.10 Å². The predicted molar refractivity (Wildman–Crippen MR) is 83.0 cm³/mol. The Morgan fingerprint density at radius 2 is 2.00 bits per heavy atom. The molecule has 0 aliphatic carbocycles. The van der Waals surface area contributed by atoms with Gasteiger partial charge in [0.25, 0.3) is 5.91 Å². The zero-order valence-electron chi connectivity index (χ0n) is 11.3. The lowest BCUT2D eigenvalue weighted by Gasteiger charge is -2.08. The van der Waals surface area contributed by atoms with E-state index in [0.29, 0.717) is 22.9 Å². The van der Waals surface area contributed by atoms with Crippen LogP contribution in [0, 0.1) is 0 Å². The molecule has 0 aliphatic heterocycles. The van der Waals surface area contributed by atoms with Gasteiger partial charge in [-0.3, -0.25) is 9.89 Å². The summed E-state index contributed by atoms with van der Waals surface area (Å²) in [5.74, 6) is 0.610. The van der Waals surface area contributed by atoms with Gasteiger partial charge in [-0.25, -0.2) is 0 Å². The first-order valence-corrected chi connectivity index (χ1v) is 6.64. The number of aromatic amines is 1. The van der Waals surface area contributed by atoms with Crippen LogP contribution in [0.2, 0.25) is 0 Å². The van der Waals surface area contributed by atoms with Gasteiger partial charge in [0.15, 0.2) is 0 Å². The molecule has 2 rings (SSSR count). The number of carbonyl (C=O) groups is 1. The molecule has 2 aromatic rings. The Morgan fingerprint density at radius 3 is 2.55 bits per heavy atom. The summed E-state index contributed by atoms with van der Waals surface area (Å²) in [7, 11) is 0. The molecular weight excluding hydrogens is 272 g/mol. The number of H-pyrrole nitrogens is 1. The maximum Gasteiger partial charge on any atom is 0.256 e. The van der Waals surface area contributed by atoms with Gasteiger partial charge >= 0.3 is 0 Å². The maximum absolute atomic E-state index is 12.1. The molecule has 4 N–H and O–H groups in total. The van der Waals surface area contributed by atoms with E-state index >= 15 is 0 Å². The van der Waals surface area contributed by atoms with Gasteiger partial charge in [-0.15, -0.1) is 0 Å². The first-order valence-electron chi connectivity index (χ1n) is 6.23. The standard InChI is InChI=1S/C14H16N4OS/c1-8(2)9-3-5-10(6-4-9)14(19)17-13-11(12(15)20)7-16-18-13/h3-8H,1-2H3,(H2,15,20)(H2,16,17,18,19). The highest BCUT2D eigenvalue weighted by atomic mass is 32.1. The summed E-state index contributed by atoms with van der Waals surface area (Å²) in [6, 6.07) is 7.48. The molecule has 0 fully saturated rings. The van der Waals surface area contributed by atoms with Crippen LogP contribution < -0.4 is 11.1 Å². The average molecular weight is 288 g/mol. The van der Waals surface area contributed by atoms with Gasteiger partial charge in [0.1, 0.15) is 10.8 Å². The molecule has 0 spiro atoms. The zero-order valence-corrected chi connectivity index (χ0v) is 12.1. The highest BCUT2D eigenvalue weighted by molar-refractivity contribution is 7.80. The number of nitrogens with one attached hydrogen (secondary N) is 2. The molecule has 0 bridgehead atoms. The molecule has 1 amide bonds. The maximum atomic E-state index is 12.1. The summed E-state index contributed by atoms with van der Waals surface area (Å²) in [6.45, 7) is 4.21. The molecule has 1 aromatic heterocycles. The van der Waals surface area contributed by atoms with Crippen molar-refractivity contribution in [2.75, 3.05) is 5.32 Å². The third-order valence-electron chi connectivity index (χ3n) is 2.98. The number of nitrogens with two attached hydrogens (primary N) is 1. The molecule has 0 saturated heterocycles. The molecule has 0 aliphatic rings. The van der Waals surface area contributed by atoms with Crippen LogP contribution in [-0.2, 0) is 0 Å². The number of anilines is 1. The van der Waals surface area contributed by atoms with Crippen molar-refractivity contribution in [1.82, 2.24) is 10.2 Å². The molecule has 6 heteroatoms. The third-order valence-corrected chi connectivity index (χ3v) is 3.20. The Hall–Kier alpha value is -2.21. The lowest BCUT2D eigenvalue weighted by molar-refractivity contribution is 0.102. The number of hydrogen-bond acceptors (Lipinski definition) is 3. The molecular formula is C14H16N4OS. The van der Waals surface area contributed by atoms with Gasteiger partial charge < -0.3 is 11.1 Å². The quantitative estimate of drug-likeness (QED) is 0.754. The summed E-state index contributed by atoms with van der Waals surface area (Å²) in [5.41, 5.74) is 7.82. The molecule has 1 aromatic carbocycles. The molecule has 5 nitrogen and oxygen atoms in total. The number of rotatable bonds is 4. The van der Waals surface area contributed by atoms with Crippen LogP contribution in [0.25, 0.3) is 0 Å². The van der Waals surface area contributed by atoms with Crippen molar-refractivity contribution in [3.63, 3.8) is 0 Å². The van der Waals surface area contributed by atoms with Crippen molar-refractivity contribution in [3.8, 4) is 0 Å². The van der Waals surface area contributed by atoms with Gasteiger partial charge in [0, 0.05) is 5.56 Å². The SMILES string of the molecule is CC(C)c1ccc(C(=O)Nc2[nH]ncc2C(N)=S)cc1. The first kappa shape index (κ1) is 14.2. The largest absolute Gasteiger partial charge is 0.389 e. The number of aromatic nitrogens is 2. The van der Waals surface area contributed by atoms with Crippen molar-refractivity contribution in [3.05, 3.63) is 47.2 Å². The number of carbonyl (C=O) groups excluding carboxylic acids is 1. The Labute approximate surface area is 122 Å². The summed E-state index contributed by atoms with van der Waals surface area (Å²) in [4.78, 5) is 12.3. The smallest absolute Gasteiger partial charge is 0.256 e. The number of nitrogens with zero attached hydrogens (tertiary/aromatic N) is 1. The Kier molecular flexibility index (Phi) is 4.14. The summed E-state index contributed by atoms with van der Waals surface area (Å²) < 4.78 is 0. The second-order valence-electron chi connectivity index (χ2n) is 4.75. The van der Waals surface area contributed by atoms with Gasteiger partial charge in [-0.1, -0.05) is 38.2 Å². The molecule has 20 heavy (non-hydrogen) atoms. The lowest BCUT2D eigenvalue weighted by Crippen LogP contribution is -2.17. The van der Waals surface area contributed by atoms with E-state index < -0.39 is 0 Å². The van der Waals surface area contributed by atoms with Gasteiger partial charge in [0.2, 0.25) is 0 Å². The molecule has 0 radical (unpaired) electrons. The normalized spacial score (nSPS) is 10.6. The minimum absolute atomic E-state index is 0.184. The molecule has 104 valence electrons. The molecule has 0 atom stereocenters. The Bertz CT molecular complexity index is 631. The van der Waals surface area contributed by atoms with E-state index in [1.165, 1.54) is 11.8 Å². The second-order valence-corrected chi connectivity index (χ2v) is 5.19. The van der Waals surface area contributed by atoms with Crippen molar-refractivity contribution in [1.29, 1.82) is 0 Å². The zero-order chi connectivity index (χ0) is 14.7. The molecule has 1 heterocycles. The number of thiocarbonyl (C=S) groups is 1. The van der Waals surface area contributed by atoms with Crippen LogP contribution in [0.15, 0.2) is 30.5 Å². The van der Waals surface area contributed by atoms with Crippen LogP contribution in [0.4, 0.5) is 5.82 Å². The van der Waals surface area contributed by atoms with Gasteiger partial charge in [-0.05, 0) is 23.6 Å². The highest BCUT2D eigenvalue weighted by Gasteiger charge is 2.12. The molecule has 0 unspecified atom stereocenters. The van der Waals surface area contributed by atoms with Crippen LogP contribution >= 0.6 is 12.2 Å². The average Bonchev–Trinajstić information content (AvgIpc) is 2.87. The monoisotopic (exact) mass is 288 g/mol. The van der Waals surface area contributed by atoms with E-state index in [-0.39, 0.29) is 10.9 Å². The second kappa shape index (κ2) is 5.83. The number of benzene rings is 1. The van der Waals surface area contributed by atoms with Crippen molar-refractivity contribution in [2.24, 2.45) is 5.73 Å². The Balaban J connectivity index is 2.15. The van der Waals surface area contributed by atoms with Crippen molar-refractivity contribution in [2.45, 2.75) is 19.8 Å². The van der Waals surface area contributed by atoms with E-state index in [0.717, 1.165) is 0 Å². The topological polar surface area (TPSA) is 83.8 Å². The van der Waals surface area contributed by atoms with Crippen molar-refractivity contribution < 1.29 is 4.79 Å². The molecule has 0 saturated carbocycles. The lowest BCUT2D eigenvalue weighted by atomic mass is 10.0. The van der Waals surface area contributed by atoms with E-state index in [1.807, 2.05) is 12.1 Å². The van der Waals surface area contributed by atoms with Crippen LogP contribution in [0.5, 0.6) is 0 Å². The van der Waals surface area contributed by atoms with Crippen LogP contribution in [-0.4, -0.2) is 21.1 Å². The number of amides is 1. The van der Waals surface area contributed by atoms with Crippen LogP contribution in [0.1, 0.15) is 41.3 Å². The van der Waals surface area contributed by atoms with E-state index in [1.54, 1.807) is 12.1 Å². The van der Waals surface area contributed by atoms with Gasteiger partial charge in [0.05, 0.1) is 11.8 Å². The van der Waals surface area contributed by atoms with Crippen molar-refractivity contribution >= 4 is 28.9 Å². The predicted octanol–water partition coefficient (Wildman–Crippen LogP) is 2.42. The highest BCUT2D eigenvalue weighted by Crippen LogP contribution is 2.16. The van der Waals surface area contributed by atoms with E-state index in [9.17, 15) is 4.79 Å². The first-order chi connectivity index (χ1) is 9.49. The minimum atomic E-state index is -0.234. The fourth-order valence-electron chi connectivity index (χ4n) is 1.77. The third kappa shape index (κ3) is 3.03. The summed E-state index contributed by atoms with van der Waals surface area (Å²) in [5, 5.41) is 9.20. The van der Waals surface area contributed by atoms with Crippen LogP contribution in [0.3, 0.4) is 0 Å².